The molecule has 56 valence electrons. The molecular formula is C6H14BrNO. The van der Waals surface area contributed by atoms with E-state index in [1.54, 1.807) is 0 Å². The number of epoxide rings is 1. The summed E-state index contributed by atoms with van der Waals surface area (Å²) in [6.07, 6.45) is 0.935. The van der Waals surface area contributed by atoms with Crippen molar-refractivity contribution in [2.45, 2.75) is 19.3 Å². The molecule has 1 aliphatic rings. The fourth-order valence-electron chi connectivity index (χ4n) is 0.987. The number of ether oxygens (including phenoxy) is 1. The SMILES string of the molecule is CC1OC1[N+](C)(C)C.[Br-]. The normalized spacial score (nSPS) is 33.3. The van der Waals surface area contributed by atoms with E-state index in [2.05, 4.69) is 28.1 Å². The van der Waals surface area contributed by atoms with E-state index in [-0.39, 0.29) is 17.0 Å². The van der Waals surface area contributed by atoms with Gasteiger partial charge < -0.3 is 26.2 Å². The Labute approximate surface area is 67.2 Å². The van der Waals surface area contributed by atoms with Crippen LogP contribution in [0.1, 0.15) is 6.92 Å². The Kier molecular flexibility index (Phi) is 2.68. The Balaban J connectivity index is 0.000000640. The van der Waals surface area contributed by atoms with Crippen LogP contribution in [0.15, 0.2) is 0 Å². The third-order valence-corrected chi connectivity index (χ3v) is 1.44. The first-order valence-corrected chi connectivity index (χ1v) is 2.98. The zero-order valence-corrected chi connectivity index (χ0v) is 7.97. The highest BCUT2D eigenvalue weighted by Crippen LogP contribution is 2.26. The van der Waals surface area contributed by atoms with Gasteiger partial charge in [0.25, 0.3) is 0 Å². The maximum absolute atomic E-state index is 5.25. The number of likely N-dealkylation sites (N-methyl/N-ethyl adjacent to an activating group) is 1. The molecule has 1 fully saturated rings. The van der Waals surface area contributed by atoms with Crippen LogP contribution in [0.25, 0.3) is 0 Å². The molecule has 0 amide bonds. The maximum atomic E-state index is 5.25. The van der Waals surface area contributed by atoms with E-state index < -0.39 is 0 Å². The van der Waals surface area contributed by atoms with Crippen molar-refractivity contribution in [1.82, 2.24) is 0 Å². The molecule has 0 aromatic rings. The summed E-state index contributed by atoms with van der Waals surface area (Å²) in [5, 5.41) is 0. The first-order valence-electron chi connectivity index (χ1n) is 2.98. The smallest absolute Gasteiger partial charge is 0.220 e. The number of hydrogen-bond donors (Lipinski definition) is 0. The van der Waals surface area contributed by atoms with Gasteiger partial charge in [-0.1, -0.05) is 0 Å². The quantitative estimate of drug-likeness (QED) is 0.332. The van der Waals surface area contributed by atoms with E-state index in [9.17, 15) is 0 Å². The van der Waals surface area contributed by atoms with E-state index in [4.69, 9.17) is 4.74 Å². The second-order valence-corrected chi connectivity index (χ2v) is 3.35. The lowest BCUT2D eigenvalue weighted by Crippen LogP contribution is -3.00. The number of halogens is 1. The molecule has 0 aliphatic carbocycles. The summed E-state index contributed by atoms with van der Waals surface area (Å²) in [7, 11) is 6.44. The molecule has 2 unspecified atom stereocenters. The highest BCUT2D eigenvalue weighted by molar-refractivity contribution is 4.69. The average molecular weight is 196 g/mol. The minimum absolute atomic E-state index is 0. The Hall–Kier alpha value is 0.400. The van der Waals surface area contributed by atoms with Crippen LogP contribution in [0, 0.1) is 0 Å². The standard InChI is InChI=1S/C6H14NO.BrH/c1-5-6(8-5)7(2,3)4;/h5-6H,1-4H3;1H/q+1;/p-1. The van der Waals surface area contributed by atoms with Crippen molar-refractivity contribution in [2.24, 2.45) is 0 Å². The molecule has 0 N–H and O–H groups in total. The lowest BCUT2D eigenvalue weighted by atomic mass is 10.4. The van der Waals surface area contributed by atoms with Crippen LogP contribution in [0.4, 0.5) is 0 Å². The van der Waals surface area contributed by atoms with Crippen molar-refractivity contribution in [3.05, 3.63) is 0 Å². The molecule has 0 radical (unpaired) electrons. The van der Waals surface area contributed by atoms with E-state index >= 15 is 0 Å². The van der Waals surface area contributed by atoms with Crippen LogP contribution in [0.2, 0.25) is 0 Å². The van der Waals surface area contributed by atoms with Crippen molar-refractivity contribution < 1.29 is 26.2 Å². The molecule has 0 saturated carbocycles. The second-order valence-electron chi connectivity index (χ2n) is 3.35. The first-order chi connectivity index (χ1) is 3.52. The predicted octanol–water partition coefficient (Wildman–Crippen LogP) is -2.56. The van der Waals surface area contributed by atoms with Gasteiger partial charge in [0.2, 0.25) is 6.23 Å². The Morgan fingerprint density at radius 2 is 1.56 bits per heavy atom. The predicted molar refractivity (Wildman–Crippen MR) is 32.4 cm³/mol. The summed E-state index contributed by atoms with van der Waals surface area (Å²) >= 11 is 0. The summed E-state index contributed by atoms with van der Waals surface area (Å²) in [6.45, 7) is 2.11. The largest absolute Gasteiger partial charge is 1.00 e. The summed E-state index contributed by atoms with van der Waals surface area (Å²) in [5.74, 6) is 0. The van der Waals surface area contributed by atoms with Gasteiger partial charge >= 0.3 is 0 Å². The molecule has 0 bridgehead atoms. The molecule has 0 aromatic carbocycles. The second kappa shape index (κ2) is 2.56. The van der Waals surface area contributed by atoms with Gasteiger partial charge in [-0.15, -0.1) is 0 Å². The Bertz CT molecular complexity index is 99.7. The minimum Gasteiger partial charge on any atom is -1.00 e. The summed E-state index contributed by atoms with van der Waals surface area (Å²) in [6, 6.07) is 0. The molecule has 0 spiro atoms. The van der Waals surface area contributed by atoms with Crippen molar-refractivity contribution in [2.75, 3.05) is 21.1 Å². The van der Waals surface area contributed by atoms with Crippen molar-refractivity contribution in [3.8, 4) is 0 Å². The fraction of sp³-hybridized carbons (Fsp3) is 1.00. The highest BCUT2D eigenvalue weighted by atomic mass is 79.9. The third-order valence-electron chi connectivity index (χ3n) is 1.44. The van der Waals surface area contributed by atoms with E-state index in [0.29, 0.717) is 12.3 Å². The van der Waals surface area contributed by atoms with Gasteiger partial charge in [0.1, 0.15) is 6.10 Å². The number of nitrogens with zero attached hydrogens (tertiary/aromatic N) is 1. The molecule has 2 atom stereocenters. The molecule has 9 heavy (non-hydrogen) atoms. The number of hydrogen-bond acceptors (Lipinski definition) is 1. The lowest BCUT2D eigenvalue weighted by Gasteiger charge is -2.20. The van der Waals surface area contributed by atoms with E-state index in [0.717, 1.165) is 4.48 Å². The number of quaternary nitrogens is 1. The summed E-state index contributed by atoms with van der Waals surface area (Å²) < 4.78 is 6.19. The van der Waals surface area contributed by atoms with Crippen LogP contribution in [-0.2, 0) is 4.74 Å². The van der Waals surface area contributed by atoms with Gasteiger partial charge in [0.05, 0.1) is 21.1 Å². The van der Waals surface area contributed by atoms with Gasteiger partial charge in [0.15, 0.2) is 0 Å². The molecule has 1 aliphatic heterocycles. The van der Waals surface area contributed by atoms with Crippen molar-refractivity contribution in [1.29, 1.82) is 0 Å². The molecule has 0 aromatic heterocycles. The van der Waals surface area contributed by atoms with Gasteiger partial charge in [-0.05, 0) is 6.92 Å². The Morgan fingerprint density at radius 3 is 1.56 bits per heavy atom. The molecule has 1 heterocycles. The average Bonchev–Trinajstić information content (AvgIpc) is 2.13. The fourth-order valence-corrected chi connectivity index (χ4v) is 0.987. The minimum atomic E-state index is 0. The van der Waals surface area contributed by atoms with Crippen LogP contribution in [0.5, 0.6) is 0 Å². The van der Waals surface area contributed by atoms with E-state index in [1.807, 2.05) is 0 Å². The van der Waals surface area contributed by atoms with Gasteiger partial charge in [0, 0.05) is 0 Å². The van der Waals surface area contributed by atoms with Crippen LogP contribution < -0.4 is 17.0 Å². The van der Waals surface area contributed by atoms with Crippen LogP contribution in [0.3, 0.4) is 0 Å². The third kappa shape index (κ3) is 2.24. The molecule has 1 saturated heterocycles. The van der Waals surface area contributed by atoms with Crippen LogP contribution >= 0.6 is 0 Å². The highest BCUT2D eigenvalue weighted by Gasteiger charge is 2.45. The van der Waals surface area contributed by atoms with Gasteiger partial charge in [-0.3, -0.25) is 0 Å². The Morgan fingerprint density at radius 1 is 1.22 bits per heavy atom. The molecule has 3 heteroatoms. The first kappa shape index (κ1) is 9.40. The van der Waals surface area contributed by atoms with E-state index in [1.165, 1.54) is 0 Å². The monoisotopic (exact) mass is 195 g/mol. The summed E-state index contributed by atoms with van der Waals surface area (Å²) in [4.78, 5) is 0. The van der Waals surface area contributed by atoms with Crippen LogP contribution in [-0.4, -0.2) is 38.0 Å². The van der Waals surface area contributed by atoms with Gasteiger partial charge in [-0.25, -0.2) is 0 Å². The zero-order valence-electron chi connectivity index (χ0n) is 6.39. The molecule has 2 nitrogen and oxygen atoms in total. The lowest BCUT2D eigenvalue weighted by molar-refractivity contribution is -0.892. The summed E-state index contributed by atoms with van der Waals surface area (Å²) in [5.41, 5.74) is 0. The van der Waals surface area contributed by atoms with Crippen molar-refractivity contribution >= 4 is 0 Å². The molecular weight excluding hydrogens is 182 g/mol. The number of rotatable bonds is 1. The topological polar surface area (TPSA) is 12.5 Å². The molecule has 1 rings (SSSR count). The maximum Gasteiger partial charge on any atom is 0.220 e. The van der Waals surface area contributed by atoms with Crippen molar-refractivity contribution in [3.63, 3.8) is 0 Å². The zero-order chi connectivity index (χ0) is 6.36. The van der Waals surface area contributed by atoms with Gasteiger partial charge in [-0.2, -0.15) is 0 Å².